The second-order valence-electron chi connectivity index (χ2n) is 3.72. The molecule has 0 radical (unpaired) electrons. The van der Waals surface area contributed by atoms with E-state index in [-0.39, 0.29) is 17.3 Å². The van der Waals surface area contributed by atoms with Gasteiger partial charge in [-0.2, -0.15) is 0 Å². The molecule has 5 heteroatoms. The molecular weight excluding hydrogens is 246 g/mol. The van der Waals surface area contributed by atoms with Gasteiger partial charge >= 0.3 is 11.9 Å². The van der Waals surface area contributed by atoms with Crippen LogP contribution in [0.1, 0.15) is 22.2 Å². The number of rotatable bonds is 3. The summed E-state index contributed by atoms with van der Waals surface area (Å²) in [4.78, 5) is 26.2. The molecule has 0 saturated heterocycles. The molecule has 0 aliphatic rings. The molecule has 0 bridgehead atoms. The summed E-state index contributed by atoms with van der Waals surface area (Å²) in [6, 6.07) is 8.87. The number of benzene rings is 1. The topological polar surface area (TPSA) is 68.4 Å². The Morgan fingerprint density at radius 2 is 1.74 bits per heavy atom. The van der Waals surface area contributed by atoms with E-state index in [0.717, 1.165) is 0 Å². The van der Waals surface area contributed by atoms with E-state index in [0.29, 0.717) is 11.3 Å². The maximum atomic E-state index is 11.8. The number of nitrogens with one attached hydrogen (secondary N) is 1. The van der Waals surface area contributed by atoms with E-state index in [1.54, 1.807) is 24.3 Å². The first kappa shape index (κ1) is 11.5. The van der Waals surface area contributed by atoms with Gasteiger partial charge in [0.05, 0.1) is 21.2 Å². The summed E-state index contributed by atoms with van der Waals surface area (Å²) in [5.41, 5.74) is 0.852. The van der Waals surface area contributed by atoms with E-state index in [1.807, 2.05) is 6.07 Å². The number of esters is 2. The molecule has 0 saturated carbocycles. The number of ether oxygens (including phenoxy) is 2. The van der Waals surface area contributed by atoms with Crippen LogP contribution in [0.2, 0.25) is 0 Å². The van der Waals surface area contributed by atoms with Crippen molar-refractivity contribution in [1.82, 2.24) is 4.98 Å². The lowest BCUT2D eigenvalue weighted by Gasteiger charge is -1.99. The second-order valence-corrected chi connectivity index (χ2v) is 3.72. The molecule has 5 nitrogen and oxygen atoms in total. The van der Waals surface area contributed by atoms with Gasteiger partial charge in [-0.25, -0.2) is 9.59 Å². The number of carbonyl (C=O) groups is 2. The first-order valence-electron chi connectivity index (χ1n) is 6.04. The molecular formula is C14H13NO4. The van der Waals surface area contributed by atoms with Crippen LogP contribution in [0, 0.1) is 0 Å². The molecule has 0 aliphatic heterocycles. The fourth-order valence-electron chi connectivity index (χ4n) is 1.67. The van der Waals surface area contributed by atoms with Crippen molar-refractivity contribution in [3.8, 4) is 11.3 Å². The zero-order chi connectivity index (χ0) is 14.7. The van der Waals surface area contributed by atoms with Crippen molar-refractivity contribution in [3.05, 3.63) is 47.6 Å². The number of aromatic nitrogens is 1. The number of methoxy groups -OCH3 is 2. The Kier molecular flexibility index (Phi) is 3.27. The van der Waals surface area contributed by atoms with E-state index in [2.05, 4.69) is 14.5 Å². The maximum Gasteiger partial charge on any atom is 0.355 e. The van der Waals surface area contributed by atoms with Crippen LogP contribution in [0.5, 0.6) is 0 Å². The quantitative estimate of drug-likeness (QED) is 0.859. The SMILES string of the molecule is [2H]c1c(-c2ccccc2)[nH]c(C(=O)OC)c1C(=O)OC. The maximum absolute atomic E-state index is 11.8. The highest BCUT2D eigenvalue weighted by atomic mass is 16.5. The summed E-state index contributed by atoms with van der Waals surface area (Å²) in [6.45, 7) is 0. The lowest BCUT2D eigenvalue weighted by atomic mass is 10.1. The van der Waals surface area contributed by atoms with Crippen LogP contribution >= 0.6 is 0 Å². The normalized spacial score (nSPS) is 10.7. The second kappa shape index (κ2) is 5.39. The minimum atomic E-state index is -0.756. The summed E-state index contributed by atoms with van der Waals surface area (Å²) in [6.07, 6.45) is 0. The molecule has 0 aliphatic carbocycles. The summed E-state index contributed by atoms with van der Waals surface area (Å²) >= 11 is 0. The van der Waals surface area contributed by atoms with Gasteiger partial charge < -0.3 is 14.5 Å². The molecule has 0 fully saturated rings. The van der Waals surface area contributed by atoms with E-state index in [1.165, 1.54) is 14.2 Å². The van der Waals surface area contributed by atoms with Gasteiger partial charge in [0.1, 0.15) is 5.69 Å². The van der Waals surface area contributed by atoms with Crippen molar-refractivity contribution in [1.29, 1.82) is 0 Å². The highest BCUT2D eigenvalue weighted by Crippen LogP contribution is 2.22. The van der Waals surface area contributed by atoms with Crippen molar-refractivity contribution < 1.29 is 20.4 Å². The van der Waals surface area contributed by atoms with Crippen molar-refractivity contribution in [2.45, 2.75) is 0 Å². The molecule has 0 amide bonds. The zero-order valence-corrected chi connectivity index (χ0v) is 10.5. The van der Waals surface area contributed by atoms with Gasteiger partial charge in [0, 0.05) is 5.69 Å². The molecule has 1 aromatic heterocycles. The zero-order valence-electron chi connectivity index (χ0n) is 11.5. The summed E-state index contributed by atoms with van der Waals surface area (Å²) < 4.78 is 17.3. The van der Waals surface area contributed by atoms with Gasteiger partial charge in [0.2, 0.25) is 0 Å². The number of hydrogen-bond acceptors (Lipinski definition) is 4. The molecule has 1 heterocycles. The summed E-state index contributed by atoms with van der Waals surface area (Å²) in [5, 5.41) is 0. The van der Waals surface area contributed by atoms with E-state index in [4.69, 9.17) is 1.37 Å². The van der Waals surface area contributed by atoms with Gasteiger partial charge in [-0.3, -0.25) is 0 Å². The van der Waals surface area contributed by atoms with Gasteiger partial charge in [-0.05, 0) is 11.6 Å². The molecule has 1 N–H and O–H groups in total. The fraction of sp³-hybridized carbons (Fsp3) is 0.143. The monoisotopic (exact) mass is 260 g/mol. The van der Waals surface area contributed by atoms with Gasteiger partial charge in [0.25, 0.3) is 0 Å². The lowest BCUT2D eigenvalue weighted by Crippen LogP contribution is -2.10. The molecule has 0 unspecified atom stereocenters. The summed E-state index contributed by atoms with van der Waals surface area (Å²) in [7, 11) is 2.40. The van der Waals surface area contributed by atoms with Gasteiger partial charge in [-0.15, -0.1) is 0 Å². The average molecular weight is 260 g/mol. The smallest absolute Gasteiger partial charge is 0.355 e. The highest BCUT2D eigenvalue weighted by molar-refractivity contribution is 6.03. The van der Waals surface area contributed by atoms with Crippen LogP contribution in [0.25, 0.3) is 11.3 Å². The molecule has 0 spiro atoms. The third-order valence-electron chi connectivity index (χ3n) is 2.59. The molecule has 19 heavy (non-hydrogen) atoms. The molecule has 0 atom stereocenters. The molecule has 98 valence electrons. The minimum absolute atomic E-state index is 0.0804. The highest BCUT2D eigenvalue weighted by Gasteiger charge is 2.22. The Morgan fingerprint density at radius 1 is 1.11 bits per heavy atom. The number of H-pyrrole nitrogens is 1. The summed E-state index contributed by atoms with van der Waals surface area (Å²) in [5.74, 6) is -1.48. The number of aromatic amines is 1. The van der Waals surface area contributed by atoms with Crippen LogP contribution in [0.4, 0.5) is 0 Å². The predicted molar refractivity (Wildman–Crippen MR) is 68.9 cm³/mol. The Balaban J connectivity index is 2.65. The van der Waals surface area contributed by atoms with E-state index < -0.39 is 11.9 Å². The Labute approximate surface area is 111 Å². The van der Waals surface area contributed by atoms with Crippen LogP contribution in [0.15, 0.2) is 36.4 Å². The first-order chi connectivity index (χ1) is 9.60. The third kappa shape index (κ3) is 2.49. The Bertz CT molecular complexity index is 649. The lowest BCUT2D eigenvalue weighted by molar-refractivity contribution is 0.0552. The standard InChI is InChI=1S/C14H13NO4/c1-18-13(16)10-8-11(9-6-4-3-5-7-9)15-12(10)14(17)19-2/h3-8,15H,1-2H3/i8D. The van der Waals surface area contributed by atoms with Gasteiger partial charge in [0.15, 0.2) is 0 Å². The third-order valence-corrected chi connectivity index (χ3v) is 2.59. The molecule has 2 aromatic rings. The molecule has 1 aromatic carbocycles. The number of carbonyl (C=O) groups excluding carboxylic acids is 2. The average Bonchev–Trinajstić information content (AvgIpc) is 2.84. The van der Waals surface area contributed by atoms with E-state index in [9.17, 15) is 9.59 Å². The van der Waals surface area contributed by atoms with Gasteiger partial charge in [-0.1, -0.05) is 30.3 Å². The minimum Gasteiger partial charge on any atom is -0.465 e. The van der Waals surface area contributed by atoms with E-state index >= 15 is 0 Å². The van der Waals surface area contributed by atoms with Crippen molar-refractivity contribution in [2.24, 2.45) is 0 Å². The number of hydrogen-bond donors (Lipinski definition) is 1. The van der Waals surface area contributed by atoms with Crippen molar-refractivity contribution >= 4 is 11.9 Å². The van der Waals surface area contributed by atoms with Crippen LogP contribution < -0.4 is 0 Å². The van der Waals surface area contributed by atoms with Crippen LogP contribution in [-0.4, -0.2) is 31.1 Å². The largest absolute Gasteiger partial charge is 0.465 e. The van der Waals surface area contributed by atoms with Crippen LogP contribution in [0.3, 0.4) is 0 Å². The Morgan fingerprint density at radius 3 is 2.32 bits per heavy atom. The Hall–Kier alpha value is -2.56. The van der Waals surface area contributed by atoms with Crippen molar-refractivity contribution in [3.63, 3.8) is 0 Å². The fourth-order valence-corrected chi connectivity index (χ4v) is 1.67. The first-order valence-corrected chi connectivity index (χ1v) is 5.54. The van der Waals surface area contributed by atoms with Crippen molar-refractivity contribution in [2.75, 3.05) is 14.2 Å². The van der Waals surface area contributed by atoms with Crippen LogP contribution in [-0.2, 0) is 9.47 Å². The molecule has 2 rings (SSSR count). The predicted octanol–water partition coefficient (Wildman–Crippen LogP) is 2.25.